The summed E-state index contributed by atoms with van der Waals surface area (Å²) >= 11 is 6.08. The molecule has 2 aromatic carbocycles. The molecular formula is C20H18ClFN2O3. The Bertz CT molecular complexity index is 947. The Balaban J connectivity index is 1.68. The molecule has 0 amide bonds. The number of hydrogen-bond donors (Lipinski definition) is 0. The summed E-state index contributed by atoms with van der Waals surface area (Å²) < 4.78 is 25.5. The zero-order valence-corrected chi connectivity index (χ0v) is 15.7. The molecule has 2 heterocycles. The molecule has 1 fully saturated rings. The summed E-state index contributed by atoms with van der Waals surface area (Å²) in [7, 11) is 2.86. The third kappa shape index (κ3) is 3.10. The molecule has 0 bridgehead atoms. The Morgan fingerprint density at radius 1 is 1.30 bits per heavy atom. The number of fused-ring (bicyclic) bond motifs is 1. The maximum atomic E-state index is 15.4. The highest BCUT2D eigenvalue weighted by Gasteiger charge is 2.48. The number of esters is 1. The van der Waals surface area contributed by atoms with Crippen molar-refractivity contribution in [3.8, 4) is 16.9 Å². The van der Waals surface area contributed by atoms with Gasteiger partial charge in [-0.3, -0.25) is 0 Å². The van der Waals surface area contributed by atoms with E-state index in [1.807, 2.05) is 9.80 Å². The van der Waals surface area contributed by atoms with Crippen LogP contribution >= 0.6 is 11.6 Å². The second-order valence-electron chi connectivity index (χ2n) is 6.44. The van der Waals surface area contributed by atoms with E-state index in [-0.39, 0.29) is 18.0 Å². The quantitative estimate of drug-likeness (QED) is 0.578. The van der Waals surface area contributed by atoms with Gasteiger partial charge in [0.05, 0.1) is 26.3 Å². The monoisotopic (exact) mass is 388 g/mol. The van der Waals surface area contributed by atoms with Crippen LogP contribution < -0.4 is 4.74 Å². The van der Waals surface area contributed by atoms with Crippen molar-refractivity contribution in [2.45, 2.75) is 12.7 Å². The number of rotatable bonds is 5. The molecule has 5 nitrogen and oxygen atoms in total. The van der Waals surface area contributed by atoms with E-state index in [2.05, 4.69) is 0 Å². The SMILES string of the molecule is COC(=O)C1=CN(Cc2ccc(OC)c(-c3cccc(Cl)c3)c2F)C2CN12. The Morgan fingerprint density at radius 3 is 2.81 bits per heavy atom. The molecule has 2 aromatic rings. The predicted octanol–water partition coefficient (Wildman–Crippen LogP) is 3.63. The molecular weight excluding hydrogens is 371 g/mol. The van der Waals surface area contributed by atoms with Gasteiger partial charge in [-0.05, 0) is 23.8 Å². The zero-order valence-electron chi connectivity index (χ0n) is 14.9. The smallest absolute Gasteiger partial charge is 0.355 e. The average Bonchev–Trinajstić information content (AvgIpc) is 3.38. The normalized spacial score (nSPS) is 17.5. The third-order valence-electron chi connectivity index (χ3n) is 4.83. The van der Waals surface area contributed by atoms with E-state index in [1.165, 1.54) is 14.2 Å². The van der Waals surface area contributed by atoms with Gasteiger partial charge in [0.1, 0.15) is 23.4 Å². The van der Waals surface area contributed by atoms with Crippen LogP contribution in [-0.4, -0.2) is 42.7 Å². The van der Waals surface area contributed by atoms with Crippen LogP contribution in [0.1, 0.15) is 5.56 Å². The summed E-state index contributed by atoms with van der Waals surface area (Å²) in [6.07, 6.45) is 1.80. The first-order valence-electron chi connectivity index (χ1n) is 8.47. The summed E-state index contributed by atoms with van der Waals surface area (Å²) in [6, 6.07) is 10.5. The maximum absolute atomic E-state index is 15.4. The second kappa shape index (κ2) is 6.78. The van der Waals surface area contributed by atoms with Crippen LogP contribution in [0.2, 0.25) is 5.02 Å². The highest BCUT2D eigenvalue weighted by Crippen LogP contribution is 2.39. The van der Waals surface area contributed by atoms with E-state index in [1.54, 1.807) is 42.6 Å². The van der Waals surface area contributed by atoms with Crippen LogP contribution in [-0.2, 0) is 16.1 Å². The van der Waals surface area contributed by atoms with Gasteiger partial charge in [-0.2, -0.15) is 0 Å². The van der Waals surface area contributed by atoms with E-state index >= 15 is 4.39 Å². The molecule has 0 saturated carbocycles. The second-order valence-corrected chi connectivity index (χ2v) is 6.87. The molecule has 2 aliphatic rings. The predicted molar refractivity (Wildman–Crippen MR) is 99.5 cm³/mol. The number of carbonyl (C=O) groups excluding carboxylic acids is 1. The third-order valence-corrected chi connectivity index (χ3v) is 5.07. The number of carbonyl (C=O) groups is 1. The lowest BCUT2D eigenvalue weighted by Crippen LogP contribution is -2.19. The first kappa shape index (κ1) is 17.7. The van der Waals surface area contributed by atoms with Gasteiger partial charge in [0.25, 0.3) is 0 Å². The van der Waals surface area contributed by atoms with Gasteiger partial charge in [0.15, 0.2) is 0 Å². The van der Waals surface area contributed by atoms with E-state index in [9.17, 15) is 4.79 Å². The van der Waals surface area contributed by atoms with Gasteiger partial charge in [-0.1, -0.05) is 29.8 Å². The molecule has 1 unspecified atom stereocenters. The Morgan fingerprint density at radius 2 is 2.11 bits per heavy atom. The molecule has 0 aliphatic carbocycles. The van der Waals surface area contributed by atoms with Crippen molar-refractivity contribution in [3.63, 3.8) is 0 Å². The van der Waals surface area contributed by atoms with Crippen molar-refractivity contribution in [3.05, 3.63) is 64.7 Å². The Labute approximate surface area is 161 Å². The molecule has 7 heteroatoms. The van der Waals surface area contributed by atoms with Crippen LogP contribution in [0.4, 0.5) is 4.39 Å². The maximum Gasteiger partial charge on any atom is 0.355 e. The Kier molecular flexibility index (Phi) is 4.44. The summed E-state index contributed by atoms with van der Waals surface area (Å²) in [5.41, 5.74) is 2.05. The fraction of sp³-hybridized carbons (Fsp3) is 0.250. The van der Waals surface area contributed by atoms with E-state index in [4.69, 9.17) is 21.1 Å². The first-order chi connectivity index (χ1) is 13.0. The lowest BCUT2D eigenvalue weighted by atomic mass is 10.0. The van der Waals surface area contributed by atoms with Gasteiger partial charge in [-0.25, -0.2) is 9.18 Å². The van der Waals surface area contributed by atoms with Crippen molar-refractivity contribution >= 4 is 17.6 Å². The molecule has 1 atom stereocenters. The highest BCUT2D eigenvalue weighted by molar-refractivity contribution is 6.30. The molecule has 0 aromatic heterocycles. The topological polar surface area (TPSA) is 41.8 Å². The van der Waals surface area contributed by atoms with Crippen LogP contribution in [0.3, 0.4) is 0 Å². The molecule has 4 rings (SSSR count). The summed E-state index contributed by atoms with van der Waals surface area (Å²) in [4.78, 5) is 15.7. The van der Waals surface area contributed by atoms with E-state index in [0.717, 1.165) is 6.54 Å². The zero-order chi connectivity index (χ0) is 19.1. The van der Waals surface area contributed by atoms with Crippen molar-refractivity contribution < 1.29 is 18.7 Å². The number of ether oxygens (including phenoxy) is 2. The fourth-order valence-electron chi connectivity index (χ4n) is 3.42. The number of halogens is 2. The number of nitrogens with zero attached hydrogens (tertiary/aromatic N) is 2. The van der Waals surface area contributed by atoms with E-state index in [0.29, 0.717) is 39.7 Å². The van der Waals surface area contributed by atoms with Crippen LogP contribution in [0.15, 0.2) is 48.3 Å². The minimum absolute atomic E-state index is 0.0789. The van der Waals surface area contributed by atoms with Crippen molar-refractivity contribution in [1.82, 2.24) is 9.80 Å². The Hall–Kier alpha value is -2.73. The molecule has 0 radical (unpaired) electrons. The van der Waals surface area contributed by atoms with Crippen LogP contribution in [0.5, 0.6) is 5.75 Å². The molecule has 0 N–H and O–H groups in total. The summed E-state index contributed by atoms with van der Waals surface area (Å²) in [5, 5.41) is 0.526. The van der Waals surface area contributed by atoms with Gasteiger partial charge >= 0.3 is 5.97 Å². The summed E-state index contributed by atoms with van der Waals surface area (Å²) in [5.74, 6) is -0.294. The van der Waals surface area contributed by atoms with Gasteiger partial charge in [0, 0.05) is 23.3 Å². The molecule has 2 aliphatic heterocycles. The number of benzene rings is 2. The van der Waals surface area contributed by atoms with Crippen molar-refractivity contribution in [1.29, 1.82) is 0 Å². The van der Waals surface area contributed by atoms with E-state index < -0.39 is 0 Å². The number of methoxy groups -OCH3 is 2. The van der Waals surface area contributed by atoms with Gasteiger partial charge in [0.2, 0.25) is 0 Å². The first-order valence-corrected chi connectivity index (χ1v) is 8.85. The van der Waals surface area contributed by atoms with Crippen LogP contribution in [0, 0.1) is 5.82 Å². The molecule has 1 saturated heterocycles. The lowest BCUT2D eigenvalue weighted by molar-refractivity contribution is -0.137. The summed E-state index contributed by atoms with van der Waals surface area (Å²) in [6.45, 7) is 1.07. The standard InChI is InChI=1S/C20H18ClFN2O3/c1-26-16-7-6-13(19(22)18(16)12-4-3-5-14(21)8-12)9-23-10-15(20(25)27-2)24-11-17(23)24/h3-8,10,17H,9,11H2,1-2H3. The largest absolute Gasteiger partial charge is 0.496 e. The fourth-order valence-corrected chi connectivity index (χ4v) is 3.61. The van der Waals surface area contributed by atoms with Gasteiger partial charge in [-0.15, -0.1) is 0 Å². The van der Waals surface area contributed by atoms with Gasteiger partial charge < -0.3 is 19.3 Å². The average molecular weight is 389 g/mol. The molecule has 0 spiro atoms. The minimum atomic E-state index is -0.380. The lowest BCUT2D eigenvalue weighted by Gasteiger charge is -2.19. The highest BCUT2D eigenvalue weighted by atomic mass is 35.5. The van der Waals surface area contributed by atoms with Crippen molar-refractivity contribution in [2.75, 3.05) is 20.8 Å². The molecule has 27 heavy (non-hydrogen) atoms. The van der Waals surface area contributed by atoms with Crippen molar-refractivity contribution in [2.24, 2.45) is 0 Å². The number of hydrogen-bond acceptors (Lipinski definition) is 5. The minimum Gasteiger partial charge on any atom is -0.496 e. The molecule has 140 valence electrons. The van der Waals surface area contributed by atoms with Crippen LogP contribution in [0.25, 0.3) is 11.1 Å².